The van der Waals surface area contributed by atoms with E-state index in [1.165, 1.54) is 0 Å². The van der Waals surface area contributed by atoms with Crippen LogP contribution in [0.5, 0.6) is 0 Å². The van der Waals surface area contributed by atoms with Crippen molar-refractivity contribution >= 4 is 24.4 Å². The van der Waals surface area contributed by atoms with E-state index in [2.05, 4.69) is 0 Å². The Bertz CT molecular complexity index is 6.85. The van der Waals surface area contributed by atoms with E-state index in [-0.39, 0.29) is 57.6 Å². The summed E-state index contributed by atoms with van der Waals surface area (Å²) in [4.78, 5) is 0. The zero-order chi connectivity index (χ0) is 0. The molecule has 5 heavy (non-hydrogen) atoms. The summed E-state index contributed by atoms with van der Waals surface area (Å²) in [5.74, 6) is 0. The van der Waals surface area contributed by atoms with Gasteiger partial charge in [0.05, 0.1) is 0 Å². The summed E-state index contributed by atoms with van der Waals surface area (Å²) >= 11 is 0. The maximum absolute atomic E-state index is 0. The maximum Gasteiger partial charge on any atom is 0 e. The molecule has 0 aromatic heterocycles. The van der Waals surface area contributed by atoms with Gasteiger partial charge in [-0.25, -0.2) is 0 Å². The molecule has 4 radical (unpaired) electrons. The molecule has 0 unspecified atom stereocenters. The summed E-state index contributed by atoms with van der Waals surface area (Å²) in [6, 6.07) is 0. The average molecular weight is 235 g/mol. The third kappa shape index (κ3) is 36.8. The average Bonchev–Trinajstić information content (AvgIpc) is 0. The first-order valence-electron chi connectivity index (χ1n) is 0. The Labute approximate surface area is 57.7 Å². The van der Waals surface area contributed by atoms with Crippen molar-refractivity contribution < 1.29 is 33.2 Å². The van der Waals surface area contributed by atoms with Crippen LogP contribution in [0.1, 0.15) is 0 Å². The van der Waals surface area contributed by atoms with Crippen molar-refractivity contribution in [1.29, 1.82) is 0 Å². The molecule has 0 saturated heterocycles. The number of rotatable bonds is 0. The smallest absolute Gasteiger partial charge is 0 e. The number of hydrogen-bond acceptors (Lipinski definition) is 0. The van der Waals surface area contributed by atoms with E-state index in [1.807, 2.05) is 0 Å². The second-order valence-corrected chi connectivity index (χ2v) is 0. The van der Waals surface area contributed by atoms with Crippen LogP contribution >= 0.6 is 0 Å². The van der Waals surface area contributed by atoms with Gasteiger partial charge in [-0.15, -0.1) is 0 Å². The van der Waals surface area contributed by atoms with E-state index >= 15 is 0 Å². The normalized spacial score (nSPS) is 0. The molecule has 0 rings (SSSR count). The topological polar surface area (TPSA) is 94.5 Å². The molecule has 0 fully saturated rings. The Morgan fingerprint density at radius 1 is 0.600 bits per heavy atom. The monoisotopic (exact) mass is 234 g/mol. The summed E-state index contributed by atoms with van der Waals surface area (Å²) in [6.07, 6.45) is 0. The Morgan fingerprint density at radius 2 is 0.600 bits per heavy atom. The van der Waals surface area contributed by atoms with Gasteiger partial charge in [-0.2, -0.15) is 0 Å². The third-order valence-corrected chi connectivity index (χ3v) is 0. The zero-order valence-electron chi connectivity index (χ0n) is 2.28. The fourth-order valence-corrected chi connectivity index (χ4v) is 0. The molecular weight excluding hydrogens is 229 g/mol. The van der Waals surface area contributed by atoms with Gasteiger partial charge in [0.15, 0.2) is 0 Å². The van der Waals surface area contributed by atoms with Crippen LogP contribution < -0.4 is 0 Å². The minimum atomic E-state index is 0. The minimum Gasteiger partial charge on any atom is -0.412 e. The summed E-state index contributed by atoms with van der Waals surface area (Å²) in [5, 5.41) is 0. The molecule has 6 N–H and O–H groups in total. The Balaban J connectivity index is 0. The molecule has 38 valence electrons. The van der Waals surface area contributed by atoms with Crippen molar-refractivity contribution in [2.45, 2.75) is 0 Å². The van der Waals surface area contributed by atoms with Gasteiger partial charge in [0, 0.05) is 41.2 Å². The summed E-state index contributed by atoms with van der Waals surface area (Å²) in [7, 11) is 0. The maximum atomic E-state index is 0. The first-order chi connectivity index (χ1) is 0. The standard InChI is InChI=1S/Co.3H2O.Sb/h;3*1H2;. The van der Waals surface area contributed by atoms with Gasteiger partial charge >= 0.3 is 0 Å². The van der Waals surface area contributed by atoms with Crippen LogP contribution in [0.25, 0.3) is 0 Å². The van der Waals surface area contributed by atoms with E-state index in [1.54, 1.807) is 0 Å². The van der Waals surface area contributed by atoms with E-state index in [4.69, 9.17) is 0 Å². The Kier molecular flexibility index (Phi) is 1470. The van der Waals surface area contributed by atoms with Crippen molar-refractivity contribution in [1.82, 2.24) is 0 Å². The van der Waals surface area contributed by atoms with E-state index in [0.717, 1.165) is 0 Å². The van der Waals surface area contributed by atoms with Gasteiger partial charge in [0.2, 0.25) is 0 Å². The molecule has 3 nitrogen and oxygen atoms in total. The largest absolute Gasteiger partial charge is 0.412 e. The van der Waals surface area contributed by atoms with Crippen molar-refractivity contribution in [3.05, 3.63) is 0 Å². The van der Waals surface area contributed by atoms with Crippen LogP contribution in [0, 0.1) is 0 Å². The summed E-state index contributed by atoms with van der Waals surface area (Å²) < 4.78 is 0. The summed E-state index contributed by atoms with van der Waals surface area (Å²) in [5.41, 5.74) is 0. The third-order valence-electron chi connectivity index (χ3n) is 0. The SMILES string of the molecule is O.O.O.[Co].[Sb]. The molecule has 0 aliphatic carbocycles. The van der Waals surface area contributed by atoms with Crippen LogP contribution in [0.4, 0.5) is 0 Å². The fourth-order valence-electron chi connectivity index (χ4n) is 0. The molecule has 0 aliphatic heterocycles. The second kappa shape index (κ2) is 63.4. The predicted molar refractivity (Wildman–Crippen MR) is 16.6 cm³/mol. The minimum absolute atomic E-state index is 0. The van der Waals surface area contributed by atoms with E-state index < -0.39 is 0 Å². The van der Waals surface area contributed by atoms with Gasteiger partial charge in [-0.05, 0) is 0 Å². The molecule has 0 aliphatic rings. The predicted octanol–water partition coefficient (Wildman–Crippen LogP) is -2.86. The molecule has 0 saturated carbocycles. The van der Waals surface area contributed by atoms with Crippen LogP contribution in [0.3, 0.4) is 0 Å². The molecule has 0 amide bonds. The Morgan fingerprint density at radius 3 is 0.600 bits per heavy atom. The van der Waals surface area contributed by atoms with Crippen LogP contribution in [-0.4, -0.2) is 40.9 Å². The Hall–Kier alpha value is 1.20. The van der Waals surface area contributed by atoms with Crippen molar-refractivity contribution in [2.24, 2.45) is 0 Å². The van der Waals surface area contributed by atoms with Gasteiger partial charge in [-0.1, -0.05) is 0 Å². The molecule has 0 heterocycles. The molecule has 0 atom stereocenters. The molecule has 0 spiro atoms. The molecule has 0 aromatic carbocycles. The van der Waals surface area contributed by atoms with Gasteiger partial charge in [0.1, 0.15) is 0 Å². The van der Waals surface area contributed by atoms with Gasteiger partial charge in [0.25, 0.3) is 0 Å². The molecule has 0 aromatic rings. The van der Waals surface area contributed by atoms with E-state index in [9.17, 15) is 0 Å². The summed E-state index contributed by atoms with van der Waals surface area (Å²) in [6.45, 7) is 0. The molecule has 0 bridgehead atoms. The van der Waals surface area contributed by atoms with Gasteiger partial charge < -0.3 is 16.4 Å². The number of hydrogen-bond donors (Lipinski definition) is 0. The fraction of sp³-hybridized carbons (Fsp3) is 0. The first-order valence-corrected chi connectivity index (χ1v) is 0. The molecular formula is H6CoO3Sb. The first kappa shape index (κ1) is 116. The van der Waals surface area contributed by atoms with Crippen LogP contribution in [0.2, 0.25) is 0 Å². The van der Waals surface area contributed by atoms with Crippen molar-refractivity contribution in [3.8, 4) is 0 Å². The van der Waals surface area contributed by atoms with Gasteiger partial charge in [-0.3, -0.25) is 0 Å². The van der Waals surface area contributed by atoms with Crippen LogP contribution in [0.15, 0.2) is 0 Å². The molecule has 5 heteroatoms. The van der Waals surface area contributed by atoms with Crippen LogP contribution in [-0.2, 0) is 16.8 Å². The van der Waals surface area contributed by atoms with Crippen molar-refractivity contribution in [3.63, 3.8) is 0 Å². The second-order valence-electron chi connectivity index (χ2n) is 0. The van der Waals surface area contributed by atoms with E-state index in [0.29, 0.717) is 0 Å². The quantitative estimate of drug-likeness (QED) is 0.404. The zero-order valence-corrected chi connectivity index (χ0v) is 5.87. The van der Waals surface area contributed by atoms with Crippen molar-refractivity contribution in [2.75, 3.05) is 0 Å².